The smallest absolute Gasteiger partial charge is 0.147 e. The molecule has 0 radical (unpaired) electrons. The van der Waals surface area contributed by atoms with E-state index < -0.39 is 0 Å². The average Bonchev–Trinajstić information content (AvgIpc) is 2.85. The Kier molecular flexibility index (Phi) is 4.10. The van der Waals surface area contributed by atoms with E-state index in [1.807, 2.05) is 18.3 Å². The molecule has 2 aromatic heterocycles. The molecule has 21 heavy (non-hydrogen) atoms. The second-order valence-corrected chi connectivity index (χ2v) is 6.90. The quantitative estimate of drug-likeness (QED) is 0.898. The van der Waals surface area contributed by atoms with E-state index in [-0.39, 0.29) is 0 Å². The number of pyridine rings is 1. The zero-order chi connectivity index (χ0) is 14.8. The molecule has 0 aliphatic heterocycles. The fourth-order valence-corrected chi connectivity index (χ4v) is 3.87. The number of aromatic nitrogens is 2. The first kappa shape index (κ1) is 14.3. The van der Waals surface area contributed by atoms with Gasteiger partial charge in [0.05, 0.1) is 5.56 Å². The first-order valence-electron chi connectivity index (χ1n) is 7.57. The van der Waals surface area contributed by atoms with Crippen molar-refractivity contribution in [1.29, 1.82) is 0 Å². The molecule has 1 fully saturated rings. The Bertz CT molecular complexity index is 596. The SMILES string of the molecule is CC1CCC(Nc2snc(N)c2-c2cccnc2)CC1C. The van der Waals surface area contributed by atoms with E-state index in [1.54, 1.807) is 6.20 Å². The lowest BCUT2D eigenvalue weighted by molar-refractivity contribution is 0.261. The average molecular weight is 302 g/mol. The third-order valence-corrected chi connectivity index (χ3v) is 5.39. The molecule has 3 rings (SSSR count). The normalized spacial score (nSPS) is 25.7. The van der Waals surface area contributed by atoms with Gasteiger partial charge in [-0.3, -0.25) is 4.98 Å². The molecule has 1 aliphatic carbocycles. The molecular formula is C16H22N4S. The Labute approximate surface area is 130 Å². The molecular weight excluding hydrogens is 280 g/mol. The van der Waals surface area contributed by atoms with Gasteiger partial charge in [-0.15, -0.1) is 0 Å². The third-order valence-electron chi connectivity index (χ3n) is 4.60. The molecule has 112 valence electrons. The highest BCUT2D eigenvalue weighted by molar-refractivity contribution is 7.11. The van der Waals surface area contributed by atoms with Crippen molar-refractivity contribution in [3.8, 4) is 11.1 Å². The van der Waals surface area contributed by atoms with E-state index in [9.17, 15) is 0 Å². The van der Waals surface area contributed by atoms with Crippen LogP contribution in [-0.4, -0.2) is 15.4 Å². The lowest BCUT2D eigenvalue weighted by atomic mass is 9.79. The van der Waals surface area contributed by atoms with Gasteiger partial charge < -0.3 is 11.1 Å². The zero-order valence-corrected chi connectivity index (χ0v) is 13.4. The molecule has 4 nitrogen and oxygen atoms in total. The summed E-state index contributed by atoms with van der Waals surface area (Å²) in [5.74, 6) is 2.18. The molecule has 3 N–H and O–H groups in total. The maximum atomic E-state index is 6.06. The number of hydrogen-bond donors (Lipinski definition) is 2. The van der Waals surface area contributed by atoms with E-state index in [2.05, 4.69) is 28.5 Å². The summed E-state index contributed by atoms with van der Waals surface area (Å²) >= 11 is 1.45. The van der Waals surface area contributed by atoms with Crippen molar-refractivity contribution in [2.24, 2.45) is 11.8 Å². The van der Waals surface area contributed by atoms with Gasteiger partial charge in [-0.1, -0.05) is 19.9 Å². The van der Waals surface area contributed by atoms with Crippen LogP contribution in [0.2, 0.25) is 0 Å². The molecule has 3 atom stereocenters. The van der Waals surface area contributed by atoms with Crippen molar-refractivity contribution in [3.63, 3.8) is 0 Å². The molecule has 2 heterocycles. The zero-order valence-electron chi connectivity index (χ0n) is 12.5. The number of nitrogens with zero attached hydrogens (tertiary/aromatic N) is 2. The van der Waals surface area contributed by atoms with E-state index in [1.165, 1.54) is 30.8 Å². The van der Waals surface area contributed by atoms with Crippen LogP contribution >= 0.6 is 11.5 Å². The van der Waals surface area contributed by atoms with Gasteiger partial charge in [-0.25, -0.2) is 0 Å². The highest BCUT2D eigenvalue weighted by Crippen LogP contribution is 2.39. The largest absolute Gasteiger partial charge is 0.382 e. The maximum Gasteiger partial charge on any atom is 0.147 e. The highest BCUT2D eigenvalue weighted by atomic mass is 32.1. The number of rotatable bonds is 3. The predicted molar refractivity (Wildman–Crippen MR) is 89.3 cm³/mol. The standard InChI is InChI=1S/C16H22N4S/c1-10-5-6-13(8-11(10)2)19-16-14(15(17)20-21-16)12-4-3-7-18-9-12/h3-4,7,9-11,13,19H,5-6,8H2,1-2H3,(H2,17,20). The Balaban J connectivity index is 1.81. The fourth-order valence-electron chi connectivity index (χ4n) is 3.05. The lowest BCUT2D eigenvalue weighted by Gasteiger charge is -2.32. The molecule has 1 saturated carbocycles. The second kappa shape index (κ2) is 6.02. The van der Waals surface area contributed by atoms with E-state index >= 15 is 0 Å². The highest BCUT2D eigenvalue weighted by Gasteiger charge is 2.26. The summed E-state index contributed by atoms with van der Waals surface area (Å²) in [4.78, 5) is 4.19. The third kappa shape index (κ3) is 3.02. The van der Waals surface area contributed by atoms with Crippen LogP contribution in [0.5, 0.6) is 0 Å². The van der Waals surface area contributed by atoms with E-state index in [0.29, 0.717) is 11.9 Å². The van der Waals surface area contributed by atoms with Crippen molar-refractivity contribution < 1.29 is 0 Å². The minimum Gasteiger partial charge on any atom is -0.382 e. The van der Waals surface area contributed by atoms with Crippen LogP contribution < -0.4 is 11.1 Å². The number of nitrogens with two attached hydrogens (primary N) is 1. The maximum absolute atomic E-state index is 6.06. The van der Waals surface area contributed by atoms with Crippen molar-refractivity contribution in [3.05, 3.63) is 24.5 Å². The summed E-state index contributed by atoms with van der Waals surface area (Å²) < 4.78 is 4.32. The Morgan fingerprint density at radius 1 is 1.29 bits per heavy atom. The monoisotopic (exact) mass is 302 g/mol. The van der Waals surface area contributed by atoms with Gasteiger partial charge in [0, 0.05) is 24.0 Å². The van der Waals surface area contributed by atoms with Crippen molar-refractivity contribution in [1.82, 2.24) is 9.36 Å². The molecule has 5 heteroatoms. The molecule has 0 saturated heterocycles. The Morgan fingerprint density at radius 2 is 2.14 bits per heavy atom. The Hall–Kier alpha value is -1.62. The molecule has 3 unspecified atom stereocenters. The van der Waals surface area contributed by atoms with Gasteiger partial charge in [0.2, 0.25) is 0 Å². The van der Waals surface area contributed by atoms with Crippen molar-refractivity contribution in [2.45, 2.75) is 39.2 Å². The van der Waals surface area contributed by atoms with Crippen LogP contribution in [0.25, 0.3) is 11.1 Å². The molecule has 0 spiro atoms. The van der Waals surface area contributed by atoms with Crippen LogP contribution in [-0.2, 0) is 0 Å². The van der Waals surface area contributed by atoms with Crippen molar-refractivity contribution in [2.75, 3.05) is 11.1 Å². The van der Waals surface area contributed by atoms with E-state index in [0.717, 1.165) is 28.0 Å². The minimum absolute atomic E-state index is 0.520. The number of hydrogen-bond acceptors (Lipinski definition) is 5. The number of nitrogen functional groups attached to an aromatic ring is 1. The second-order valence-electron chi connectivity index (χ2n) is 6.12. The number of anilines is 2. The summed E-state index contributed by atoms with van der Waals surface area (Å²) in [6.07, 6.45) is 7.34. The molecule has 2 aromatic rings. The predicted octanol–water partition coefficient (Wildman–Crippen LogP) is 4.02. The van der Waals surface area contributed by atoms with Crippen LogP contribution in [0.3, 0.4) is 0 Å². The summed E-state index contributed by atoms with van der Waals surface area (Å²) in [5, 5.41) is 4.74. The van der Waals surface area contributed by atoms with Gasteiger partial charge in [-0.2, -0.15) is 4.37 Å². The van der Waals surface area contributed by atoms with Gasteiger partial charge in [0.25, 0.3) is 0 Å². The molecule has 0 amide bonds. The van der Waals surface area contributed by atoms with Gasteiger partial charge in [-0.05, 0) is 48.7 Å². The van der Waals surface area contributed by atoms with Crippen LogP contribution in [0, 0.1) is 11.8 Å². The van der Waals surface area contributed by atoms with Crippen LogP contribution in [0.4, 0.5) is 10.8 Å². The fraction of sp³-hybridized carbons (Fsp3) is 0.500. The van der Waals surface area contributed by atoms with Gasteiger partial charge in [0.1, 0.15) is 10.8 Å². The van der Waals surface area contributed by atoms with Gasteiger partial charge >= 0.3 is 0 Å². The van der Waals surface area contributed by atoms with Crippen molar-refractivity contribution >= 4 is 22.4 Å². The number of nitrogens with one attached hydrogen (secondary N) is 1. The van der Waals surface area contributed by atoms with Crippen LogP contribution in [0.1, 0.15) is 33.1 Å². The van der Waals surface area contributed by atoms with Gasteiger partial charge in [0.15, 0.2) is 0 Å². The van der Waals surface area contributed by atoms with E-state index in [4.69, 9.17) is 5.73 Å². The topological polar surface area (TPSA) is 63.8 Å². The molecule has 1 aliphatic rings. The Morgan fingerprint density at radius 3 is 2.86 bits per heavy atom. The first-order chi connectivity index (χ1) is 10.1. The summed E-state index contributed by atoms with van der Waals surface area (Å²) in [5.41, 5.74) is 8.09. The summed E-state index contributed by atoms with van der Waals surface area (Å²) in [6, 6.07) is 4.48. The minimum atomic E-state index is 0.520. The summed E-state index contributed by atoms with van der Waals surface area (Å²) in [6.45, 7) is 4.70. The van der Waals surface area contributed by atoms with Crippen LogP contribution in [0.15, 0.2) is 24.5 Å². The first-order valence-corrected chi connectivity index (χ1v) is 8.34. The lowest BCUT2D eigenvalue weighted by Crippen LogP contribution is -2.30. The molecule has 0 bridgehead atoms. The summed E-state index contributed by atoms with van der Waals surface area (Å²) in [7, 11) is 0. The molecule has 0 aromatic carbocycles.